The highest BCUT2D eigenvalue weighted by Crippen LogP contribution is 2.42. The number of rotatable bonds is 4. The summed E-state index contributed by atoms with van der Waals surface area (Å²) < 4.78 is 3.59. The summed E-state index contributed by atoms with van der Waals surface area (Å²) in [5, 5.41) is 7.11. The zero-order chi connectivity index (χ0) is 31.6. The molecule has 10 rings (SSSR count). The van der Waals surface area contributed by atoms with Crippen molar-refractivity contribution in [2.24, 2.45) is 0 Å². The minimum Gasteiger partial charge on any atom is -0.309 e. The van der Waals surface area contributed by atoms with E-state index in [2.05, 4.69) is 162 Å². The number of benzene rings is 7. The number of thiazole rings is 1. The van der Waals surface area contributed by atoms with Gasteiger partial charge in [0.15, 0.2) is 0 Å². The van der Waals surface area contributed by atoms with Gasteiger partial charge in [0, 0.05) is 43.7 Å². The third kappa shape index (κ3) is 4.20. The van der Waals surface area contributed by atoms with Gasteiger partial charge in [-0.15, -0.1) is 11.3 Å². The van der Waals surface area contributed by atoms with E-state index in [-0.39, 0.29) is 0 Å². The van der Waals surface area contributed by atoms with Gasteiger partial charge in [0.25, 0.3) is 0 Å². The molecular formula is C44H27N3S. The van der Waals surface area contributed by atoms with Gasteiger partial charge in [-0.3, -0.25) is 0 Å². The molecule has 0 N–H and O–H groups in total. The summed E-state index contributed by atoms with van der Waals surface area (Å²) >= 11 is 1.74. The molecule has 0 radical (unpaired) electrons. The first-order valence-corrected chi connectivity index (χ1v) is 17.0. The van der Waals surface area contributed by atoms with Crippen LogP contribution in [0.15, 0.2) is 164 Å². The van der Waals surface area contributed by atoms with Gasteiger partial charge in [-0.05, 0) is 59.7 Å². The maximum absolute atomic E-state index is 5.29. The monoisotopic (exact) mass is 629 g/mol. The van der Waals surface area contributed by atoms with E-state index in [1.54, 1.807) is 11.3 Å². The third-order valence-electron chi connectivity index (χ3n) is 9.41. The van der Waals surface area contributed by atoms with Crippen LogP contribution in [0.5, 0.6) is 0 Å². The summed E-state index contributed by atoms with van der Waals surface area (Å²) in [5.41, 5.74) is 11.2. The van der Waals surface area contributed by atoms with E-state index in [4.69, 9.17) is 9.97 Å². The van der Waals surface area contributed by atoms with Gasteiger partial charge < -0.3 is 4.57 Å². The number of hydrogen-bond acceptors (Lipinski definition) is 3. The SMILES string of the molecule is c1ccc(-n2c3ccccc3c3c4c(ccc32)c(-c2ccc(-c3cccc(-c5nc6ccccc6s5)c3)cc2)nc2ccccc24)cc1. The first-order chi connectivity index (χ1) is 23.8. The Hall–Kier alpha value is -6.10. The summed E-state index contributed by atoms with van der Waals surface area (Å²) in [6.07, 6.45) is 0. The summed E-state index contributed by atoms with van der Waals surface area (Å²) in [5.74, 6) is 0. The van der Waals surface area contributed by atoms with Crippen molar-refractivity contribution in [2.75, 3.05) is 0 Å². The zero-order valence-electron chi connectivity index (χ0n) is 25.8. The maximum atomic E-state index is 5.29. The van der Waals surface area contributed by atoms with E-state index in [0.717, 1.165) is 43.9 Å². The van der Waals surface area contributed by atoms with Crippen LogP contribution in [0.2, 0.25) is 0 Å². The van der Waals surface area contributed by atoms with E-state index >= 15 is 0 Å². The minimum atomic E-state index is 0.997. The molecule has 0 unspecified atom stereocenters. The number of nitrogens with zero attached hydrogens (tertiary/aromatic N) is 3. The Bertz CT molecular complexity index is 2790. The second-order valence-corrected chi connectivity index (χ2v) is 13.2. The van der Waals surface area contributed by atoms with E-state index in [1.807, 2.05) is 6.07 Å². The number of aromatic nitrogens is 3. The molecule has 7 aromatic carbocycles. The van der Waals surface area contributed by atoms with E-state index in [1.165, 1.54) is 48.4 Å². The summed E-state index contributed by atoms with van der Waals surface area (Å²) in [6, 6.07) is 58.4. The van der Waals surface area contributed by atoms with Crippen molar-refractivity contribution >= 4 is 65.0 Å². The Labute approximate surface area is 281 Å². The lowest BCUT2D eigenvalue weighted by atomic mass is 9.95. The molecule has 0 fully saturated rings. The molecule has 224 valence electrons. The second kappa shape index (κ2) is 10.7. The number of para-hydroxylation sites is 4. The maximum Gasteiger partial charge on any atom is 0.124 e. The lowest BCUT2D eigenvalue weighted by Gasteiger charge is -2.13. The molecule has 10 aromatic rings. The van der Waals surface area contributed by atoms with Crippen LogP contribution < -0.4 is 0 Å². The molecule has 0 aliphatic heterocycles. The van der Waals surface area contributed by atoms with Gasteiger partial charge in [-0.1, -0.05) is 115 Å². The average molecular weight is 630 g/mol. The van der Waals surface area contributed by atoms with Gasteiger partial charge in [-0.25, -0.2) is 9.97 Å². The predicted molar refractivity (Wildman–Crippen MR) is 203 cm³/mol. The molecule has 0 spiro atoms. The Kier molecular flexibility index (Phi) is 6.05. The van der Waals surface area contributed by atoms with Gasteiger partial charge in [-0.2, -0.15) is 0 Å². The van der Waals surface area contributed by atoms with Crippen molar-refractivity contribution in [3.63, 3.8) is 0 Å². The summed E-state index contributed by atoms with van der Waals surface area (Å²) in [6.45, 7) is 0. The fourth-order valence-electron chi connectivity index (χ4n) is 7.22. The molecule has 4 heteroatoms. The largest absolute Gasteiger partial charge is 0.309 e. The second-order valence-electron chi connectivity index (χ2n) is 12.2. The molecule has 0 amide bonds. The van der Waals surface area contributed by atoms with E-state index in [9.17, 15) is 0 Å². The zero-order valence-corrected chi connectivity index (χ0v) is 26.7. The van der Waals surface area contributed by atoms with Gasteiger partial charge in [0.2, 0.25) is 0 Å². The average Bonchev–Trinajstić information content (AvgIpc) is 3.75. The van der Waals surface area contributed by atoms with Crippen molar-refractivity contribution in [3.05, 3.63) is 164 Å². The van der Waals surface area contributed by atoms with E-state index in [0.29, 0.717) is 0 Å². The highest BCUT2D eigenvalue weighted by molar-refractivity contribution is 7.21. The third-order valence-corrected chi connectivity index (χ3v) is 10.5. The van der Waals surface area contributed by atoms with Gasteiger partial charge in [0.1, 0.15) is 5.01 Å². The van der Waals surface area contributed by atoms with E-state index < -0.39 is 0 Å². The number of hydrogen-bond donors (Lipinski definition) is 0. The molecule has 3 aromatic heterocycles. The molecule has 0 atom stereocenters. The molecule has 3 heterocycles. The molecule has 0 bridgehead atoms. The lowest BCUT2D eigenvalue weighted by Crippen LogP contribution is -1.94. The Morgan fingerprint density at radius 2 is 1.12 bits per heavy atom. The van der Waals surface area contributed by atoms with Crippen LogP contribution in [-0.4, -0.2) is 14.5 Å². The molecular weight excluding hydrogens is 603 g/mol. The Balaban J connectivity index is 1.15. The normalized spacial score (nSPS) is 11.8. The minimum absolute atomic E-state index is 0.997. The van der Waals surface area contributed by atoms with Crippen LogP contribution in [-0.2, 0) is 0 Å². The molecule has 3 nitrogen and oxygen atoms in total. The standard InChI is InChI=1S/C44H27N3S/c1-2-13-32(14-3-1)47-38-19-8-5-16-34(38)42-39(47)26-25-35-41(42)33-15-4-6-17-36(33)45-43(35)29-23-21-28(22-24-29)30-11-10-12-31(27-30)44-46-37-18-7-9-20-40(37)48-44/h1-27H. The first-order valence-electron chi connectivity index (χ1n) is 16.2. The molecule has 0 aliphatic rings. The Morgan fingerprint density at radius 1 is 0.417 bits per heavy atom. The Morgan fingerprint density at radius 3 is 1.98 bits per heavy atom. The molecule has 0 saturated heterocycles. The van der Waals surface area contributed by atoms with Crippen molar-refractivity contribution in [3.8, 4) is 38.6 Å². The van der Waals surface area contributed by atoms with Gasteiger partial charge in [0.05, 0.1) is 32.5 Å². The highest BCUT2D eigenvalue weighted by atomic mass is 32.1. The number of pyridine rings is 1. The van der Waals surface area contributed by atoms with Crippen molar-refractivity contribution in [1.29, 1.82) is 0 Å². The van der Waals surface area contributed by atoms with Crippen LogP contribution in [0.3, 0.4) is 0 Å². The van der Waals surface area contributed by atoms with Crippen LogP contribution in [0.25, 0.3) is 92.3 Å². The van der Waals surface area contributed by atoms with Crippen LogP contribution >= 0.6 is 11.3 Å². The lowest BCUT2D eigenvalue weighted by molar-refractivity contribution is 1.18. The molecule has 0 saturated carbocycles. The number of fused-ring (bicyclic) bond motifs is 8. The summed E-state index contributed by atoms with van der Waals surface area (Å²) in [4.78, 5) is 10.2. The van der Waals surface area contributed by atoms with Crippen LogP contribution in [0.1, 0.15) is 0 Å². The topological polar surface area (TPSA) is 30.7 Å². The fourth-order valence-corrected chi connectivity index (χ4v) is 8.19. The van der Waals surface area contributed by atoms with Crippen molar-refractivity contribution < 1.29 is 0 Å². The smallest absolute Gasteiger partial charge is 0.124 e. The molecule has 0 aliphatic carbocycles. The van der Waals surface area contributed by atoms with Crippen LogP contribution in [0, 0.1) is 0 Å². The predicted octanol–water partition coefficient (Wildman–Crippen LogP) is 12.1. The van der Waals surface area contributed by atoms with Crippen molar-refractivity contribution in [1.82, 2.24) is 14.5 Å². The van der Waals surface area contributed by atoms with Crippen LogP contribution in [0.4, 0.5) is 0 Å². The van der Waals surface area contributed by atoms with Crippen molar-refractivity contribution in [2.45, 2.75) is 0 Å². The molecule has 48 heavy (non-hydrogen) atoms. The summed E-state index contributed by atoms with van der Waals surface area (Å²) in [7, 11) is 0. The quantitative estimate of drug-likeness (QED) is 0.181. The first kappa shape index (κ1) is 27.1. The highest BCUT2D eigenvalue weighted by Gasteiger charge is 2.19. The van der Waals surface area contributed by atoms with Gasteiger partial charge >= 0.3 is 0 Å². The fraction of sp³-hybridized carbons (Fsp3) is 0.